The number of hydrogen-bond donors (Lipinski definition) is 1. The maximum Gasteiger partial charge on any atom is 0.168 e. The van der Waals surface area contributed by atoms with Gasteiger partial charge in [-0.15, -0.1) is 0 Å². The van der Waals surface area contributed by atoms with Crippen LogP contribution in [0.2, 0.25) is 0 Å². The van der Waals surface area contributed by atoms with Crippen LogP contribution in [0.5, 0.6) is 0 Å². The van der Waals surface area contributed by atoms with Crippen molar-refractivity contribution in [2.24, 2.45) is 5.92 Å². The molecule has 2 N–H and O–H groups in total. The summed E-state index contributed by atoms with van der Waals surface area (Å²) in [7, 11) is 0. The van der Waals surface area contributed by atoms with Crippen LogP contribution in [0.3, 0.4) is 0 Å². The number of halogens is 1. The molecule has 0 amide bonds. The number of rotatable bonds is 3. The van der Waals surface area contributed by atoms with E-state index in [4.69, 9.17) is 5.73 Å². The van der Waals surface area contributed by atoms with Gasteiger partial charge in [0.25, 0.3) is 0 Å². The molecule has 76 valence electrons. The quantitative estimate of drug-likeness (QED) is 0.595. The topological polar surface area (TPSA) is 43.1 Å². The maximum atomic E-state index is 13.4. The molecule has 2 nitrogen and oxygen atoms in total. The zero-order chi connectivity index (χ0) is 10.7. The van der Waals surface area contributed by atoms with E-state index in [1.807, 2.05) is 6.92 Å². The van der Waals surface area contributed by atoms with E-state index >= 15 is 0 Å². The fourth-order valence-corrected chi connectivity index (χ4v) is 1.19. The van der Waals surface area contributed by atoms with Gasteiger partial charge in [0, 0.05) is 5.92 Å². The summed E-state index contributed by atoms with van der Waals surface area (Å²) in [5.74, 6) is -0.943. The largest absolute Gasteiger partial charge is 0.396 e. The molecule has 0 saturated carbocycles. The predicted octanol–water partition coefficient (Wildman–Crippen LogP) is 2.64. The van der Waals surface area contributed by atoms with E-state index in [-0.39, 0.29) is 23.0 Å². The second-order valence-electron chi connectivity index (χ2n) is 3.38. The highest BCUT2D eigenvalue weighted by atomic mass is 19.1. The summed E-state index contributed by atoms with van der Waals surface area (Å²) in [4.78, 5) is 11.7. The Morgan fingerprint density at radius 2 is 2.21 bits per heavy atom. The third-order valence-corrected chi connectivity index (χ3v) is 2.35. The summed E-state index contributed by atoms with van der Waals surface area (Å²) >= 11 is 0. The first-order valence-electron chi connectivity index (χ1n) is 4.66. The van der Waals surface area contributed by atoms with E-state index in [9.17, 15) is 9.18 Å². The average molecular weight is 195 g/mol. The van der Waals surface area contributed by atoms with Gasteiger partial charge in [-0.2, -0.15) is 0 Å². The minimum atomic E-state index is -0.599. The fourth-order valence-electron chi connectivity index (χ4n) is 1.19. The van der Waals surface area contributed by atoms with E-state index in [1.165, 1.54) is 12.1 Å². The van der Waals surface area contributed by atoms with Crippen LogP contribution >= 0.6 is 0 Å². The van der Waals surface area contributed by atoms with Crippen LogP contribution in [0, 0.1) is 11.7 Å². The number of carbonyl (C=O) groups is 1. The Labute approximate surface area is 82.9 Å². The molecule has 0 fully saturated rings. The maximum absolute atomic E-state index is 13.4. The smallest absolute Gasteiger partial charge is 0.168 e. The number of nitrogen functional groups attached to an aromatic ring is 1. The Hall–Kier alpha value is -1.38. The Balaban J connectivity index is 3.07. The molecule has 0 saturated heterocycles. The Morgan fingerprint density at radius 3 is 2.79 bits per heavy atom. The highest BCUT2D eigenvalue weighted by Crippen LogP contribution is 2.19. The van der Waals surface area contributed by atoms with Gasteiger partial charge in [0.05, 0.1) is 11.3 Å². The van der Waals surface area contributed by atoms with Gasteiger partial charge in [0.15, 0.2) is 11.6 Å². The summed E-state index contributed by atoms with van der Waals surface area (Å²) in [6.07, 6.45) is 0.701. The van der Waals surface area contributed by atoms with Crippen molar-refractivity contribution in [1.82, 2.24) is 0 Å². The lowest BCUT2D eigenvalue weighted by atomic mass is 9.96. The van der Waals surface area contributed by atoms with Gasteiger partial charge in [-0.25, -0.2) is 4.39 Å². The molecule has 0 aromatic heterocycles. The van der Waals surface area contributed by atoms with Crippen molar-refractivity contribution in [2.45, 2.75) is 20.3 Å². The van der Waals surface area contributed by atoms with Gasteiger partial charge in [0.1, 0.15) is 0 Å². The van der Waals surface area contributed by atoms with Gasteiger partial charge in [0.2, 0.25) is 0 Å². The van der Waals surface area contributed by atoms with Gasteiger partial charge < -0.3 is 5.73 Å². The Kier molecular flexibility index (Phi) is 3.23. The second kappa shape index (κ2) is 4.22. The number of carbonyl (C=O) groups excluding carboxylic acids is 1. The average Bonchev–Trinajstić information content (AvgIpc) is 2.20. The first-order chi connectivity index (χ1) is 6.57. The highest BCUT2D eigenvalue weighted by molar-refractivity contribution is 5.98. The van der Waals surface area contributed by atoms with Crippen molar-refractivity contribution in [3.8, 4) is 0 Å². The van der Waals surface area contributed by atoms with Crippen LogP contribution in [-0.2, 0) is 0 Å². The third kappa shape index (κ3) is 1.92. The van der Waals surface area contributed by atoms with E-state index in [0.717, 1.165) is 0 Å². The minimum Gasteiger partial charge on any atom is -0.396 e. The van der Waals surface area contributed by atoms with Gasteiger partial charge in [-0.3, -0.25) is 4.79 Å². The lowest BCUT2D eigenvalue weighted by Gasteiger charge is -2.08. The predicted molar refractivity (Wildman–Crippen MR) is 54.6 cm³/mol. The molecule has 0 heterocycles. The van der Waals surface area contributed by atoms with Crippen molar-refractivity contribution in [2.75, 3.05) is 5.73 Å². The van der Waals surface area contributed by atoms with E-state index in [0.29, 0.717) is 6.42 Å². The molecule has 1 unspecified atom stereocenters. The summed E-state index contributed by atoms with van der Waals surface area (Å²) in [6.45, 7) is 3.68. The second-order valence-corrected chi connectivity index (χ2v) is 3.38. The van der Waals surface area contributed by atoms with Crippen LogP contribution in [0.25, 0.3) is 0 Å². The molecule has 3 heteroatoms. The SMILES string of the molecule is CCC(C)C(=O)c1cccc(N)c1F. The molecule has 0 radical (unpaired) electrons. The van der Waals surface area contributed by atoms with Crippen LogP contribution in [0.4, 0.5) is 10.1 Å². The first-order valence-corrected chi connectivity index (χ1v) is 4.66. The van der Waals surface area contributed by atoms with Gasteiger partial charge >= 0.3 is 0 Å². The number of anilines is 1. The van der Waals surface area contributed by atoms with Crippen molar-refractivity contribution in [1.29, 1.82) is 0 Å². The molecule has 1 rings (SSSR count). The zero-order valence-corrected chi connectivity index (χ0v) is 8.38. The molecule has 1 aromatic carbocycles. The molecule has 0 spiro atoms. The number of ketones is 1. The third-order valence-electron chi connectivity index (χ3n) is 2.35. The van der Waals surface area contributed by atoms with Crippen molar-refractivity contribution >= 4 is 11.5 Å². The van der Waals surface area contributed by atoms with E-state index in [2.05, 4.69) is 0 Å². The number of hydrogen-bond acceptors (Lipinski definition) is 2. The molecule has 0 bridgehead atoms. The summed E-state index contributed by atoms with van der Waals surface area (Å²) in [6, 6.07) is 4.51. The van der Waals surface area contributed by atoms with Gasteiger partial charge in [-0.05, 0) is 18.6 Å². The van der Waals surface area contributed by atoms with Crippen LogP contribution < -0.4 is 5.73 Å². The molecule has 0 aliphatic heterocycles. The molecule has 1 aromatic rings. The van der Waals surface area contributed by atoms with E-state index < -0.39 is 5.82 Å². The monoisotopic (exact) mass is 195 g/mol. The standard InChI is InChI=1S/C11H14FNO/c1-3-7(2)11(14)8-5-4-6-9(13)10(8)12/h4-7H,3,13H2,1-2H3. The van der Waals surface area contributed by atoms with Crippen molar-refractivity contribution < 1.29 is 9.18 Å². The van der Waals surface area contributed by atoms with Gasteiger partial charge in [-0.1, -0.05) is 19.9 Å². The molecule has 1 atom stereocenters. The summed E-state index contributed by atoms with van der Waals surface area (Å²) in [5, 5.41) is 0. The zero-order valence-electron chi connectivity index (χ0n) is 8.38. The molecular formula is C11H14FNO. The van der Waals surface area contributed by atoms with Crippen LogP contribution in [-0.4, -0.2) is 5.78 Å². The van der Waals surface area contributed by atoms with Crippen LogP contribution in [0.15, 0.2) is 18.2 Å². The summed E-state index contributed by atoms with van der Waals surface area (Å²) < 4.78 is 13.4. The lowest BCUT2D eigenvalue weighted by Crippen LogP contribution is -2.13. The normalized spacial score (nSPS) is 12.5. The summed E-state index contributed by atoms with van der Waals surface area (Å²) in [5.41, 5.74) is 5.50. The Bertz CT molecular complexity index is 349. The molecule has 14 heavy (non-hydrogen) atoms. The molecular weight excluding hydrogens is 181 g/mol. The van der Waals surface area contributed by atoms with Crippen molar-refractivity contribution in [3.05, 3.63) is 29.6 Å². The fraction of sp³-hybridized carbons (Fsp3) is 0.364. The van der Waals surface area contributed by atoms with E-state index in [1.54, 1.807) is 13.0 Å². The molecule has 0 aliphatic rings. The lowest BCUT2D eigenvalue weighted by molar-refractivity contribution is 0.0923. The highest BCUT2D eigenvalue weighted by Gasteiger charge is 2.18. The van der Waals surface area contributed by atoms with Crippen molar-refractivity contribution in [3.63, 3.8) is 0 Å². The molecule has 0 aliphatic carbocycles. The number of benzene rings is 1. The number of nitrogens with two attached hydrogens (primary N) is 1. The first kappa shape index (κ1) is 10.7. The Morgan fingerprint density at radius 1 is 1.57 bits per heavy atom. The number of Topliss-reactive ketones (excluding diaryl/α,β-unsaturated/α-hetero) is 1. The van der Waals surface area contributed by atoms with Crippen LogP contribution in [0.1, 0.15) is 30.6 Å². The minimum absolute atomic E-state index is 0.0270.